The molecule has 7 heteroatoms. The second-order valence-corrected chi connectivity index (χ2v) is 7.45. The van der Waals surface area contributed by atoms with Gasteiger partial charge in [0, 0.05) is 29.5 Å². The number of benzene rings is 2. The highest BCUT2D eigenvalue weighted by Gasteiger charge is 2.16. The average Bonchev–Trinajstić information content (AvgIpc) is 2.97. The van der Waals surface area contributed by atoms with Crippen molar-refractivity contribution in [2.45, 2.75) is 26.2 Å². The monoisotopic (exact) mass is 428 g/mol. The minimum atomic E-state index is -0.428. The van der Waals surface area contributed by atoms with E-state index in [0.29, 0.717) is 40.9 Å². The van der Waals surface area contributed by atoms with Gasteiger partial charge in [0.15, 0.2) is 23.9 Å². The minimum Gasteiger partial charge on any atom is -0.490 e. The Hall–Kier alpha value is -2.99. The smallest absolute Gasteiger partial charge is 0.336 e. The number of Topliss-reactive ketones (excluding diaryl/α,β-unsaturated/α-hetero) is 1. The molecule has 0 aliphatic carbocycles. The zero-order chi connectivity index (χ0) is 21.1. The molecule has 4 rings (SSSR count). The fourth-order valence-corrected chi connectivity index (χ4v) is 3.60. The van der Waals surface area contributed by atoms with Gasteiger partial charge in [-0.15, -0.1) is 0 Å². The van der Waals surface area contributed by atoms with Crippen LogP contribution >= 0.6 is 11.6 Å². The van der Waals surface area contributed by atoms with Crippen molar-refractivity contribution in [1.82, 2.24) is 0 Å². The molecule has 0 radical (unpaired) electrons. The Bertz CT molecular complexity index is 1150. The molecule has 2 heterocycles. The van der Waals surface area contributed by atoms with Crippen molar-refractivity contribution in [3.8, 4) is 17.2 Å². The van der Waals surface area contributed by atoms with Crippen LogP contribution in [0.5, 0.6) is 17.2 Å². The predicted molar refractivity (Wildman–Crippen MR) is 113 cm³/mol. The Labute approximate surface area is 178 Å². The normalized spacial score (nSPS) is 13.1. The molecular weight excluding hydrogens is 408 g/mol. The van der Waals surface area contributed by atoms with Crippen LogP contribution in [0.25, 0.3) is 11.0 Å². The van der Waals surface area contributed by atoms with Gasteiger partial charge < -0.3 is 18.6 Å². The van der Waals surface area contributed by atoms with E-state index in [1.165, 1.54) is 6.07 Å². The molecule has 0 N–H and O–H groups in total. The van der Waals surface area contributed by atoms with Gasteiger partial charge >= 0.3 is 5.63 Å². The minimum absolute atomic E-state index is 0.218. The number of ketones is 1. The summed E-state index contributed by atoms with van der Waals surface area (Å²) < 4.78 is 22.2. The summed E-state index contributed by atoms with van der Waals surface area (Å²) in [5.74, 6) is 1.22. The molecule has 2 aromatic carbocycles. The van der Waals surface area contributed by atoms with Crippen molar-refractivity contribution in [3.63, 3.8) is 0 Å². The lowest BCUT2D eigenvalue weighted by molar-refractivity contribution is 0.0921. The van der Waals surface area contributed by atoms with Gasteiger partial charge in [0.05, 0.1) is 18.2 Å². The van der Waals surface area contributed by atoms with Crippen molar-refractivity contribution in [2.75, 3.05) is 19.8 Å². The van der Waals surface area contributed by atoms with Gasteiger partial charge in [0.25, 0.3) is 0 Å². The fourth-order valence-electron chi connectivity index (χ4n) is 3.38. The molecule has 1 aliphatic heterocycles. The number of carbonyl (C=O) groups excluding carboxylic acids is 1. The number of fused-ring (bicyclic) bond motifs is 2. The van der Waals surface area contributed by atoms with Crippen LogP contribution in [0.4, 0.5) is 0 Å². The SMILES string of the molecule is CCCc1cc(=O)oc2cc(OCC(=O)c3ccc4c(c3)OCCCO4)c(Cl)cc12. The molecule has 0 fully saturated rings. The lowest BCUT2D eigenvalue weighted by Crippen LogP contribution is -2.12. The van der Waals surface area contributed by atoms with Gasteiger partial charge in [-0.25, -0.2) is 4.79 Å². The number of halogens is 1. The van der Waals surface area contributed by atoms with E-state index in [1.54, 1.807) is 30.3 Å². The summed E-state index contributed by atoms with van der Waals surface area (Å²) in [5, 5.41) is 1.11. The molecule has 0 amide bonds. The van der Waals surface area contributed by atoms with Crippen LogP contribution in [0, 0.1) is 0 Å². The molecule has 0 atom stereocenters. The third-order valence-corrected chi connectivity index (χ3v) is 5.13. The van der Waals surface area contributed by atoms with Gasteiger partial charge in [-0.1, -0.05) is 24.9 Å². The maximum absolute atomic E-state index is 12.6. The van der Waals surface area contributed by atoms with Crippen LogP contribution in [0.3, 0.4) is 0 Å². The molecule has 3 aromatic rings. The van der Waals surface area contributed by atoms with E-state index in [-0.39, 0.29) is 18.1 Å². The maximum Gasteiger partial charge on any atom is 0.336 e. The number of hydrogen-bond acceptors (Lipinski definition) is 6. The van der Waals surface area contributed by atoms with Gasteiger partial charge in [0.1, 0.15) is 11.3 Å². The van der Waals surface area contributed by atoms with Crippen molar-refractivity contribution >= 4 is 28.4 Å². The standard InChI is InChI=1S/C23H21ClO6/c1-2-4-14-10-23(26)30-20-12-21(17(24)11-16(14)20)29-13-18(25)15-5-6-19-22(9-15)28-8-3-7-27-19/h5-6,9-12H,2-4,7-8,13H2,1H3. The Kier molecular flexibility index (Phi) is 5.95. The second-order valence-electron chi connectivity index (χ2n) is 7.04. The Morgan fingerprint density at radius 1 is 1.10 bits per heavy atom. The topological polar surface area (TPSA) is 75.0 Å². The number of aryl methyl sites for hydroxylation is 1. The quantitative estimate of drug-likeness (QED) is 0.414. The van der Waals surface area contributed by atoms with Crippen LogP contribution in [0.15, 0.2) is 45.6 Å². The van der Waals surface area contributed by atoms with Crippen LogP contribution < -0.4 is 19.8 Å². The molecule has 0 saturated carbocycles. The molecule has 0 saturated heterocycles. The van der Waals surface area contributed by atoms with Crippen LogP contribution in [0.1, 0.15) is 35.7 Å². The first-order chi connectivity index (χ1) is 14.5. The molecular formula is C23H21ClO6. The summed E-state index contributed by atoms with van der Waals surface area (Å²) in [7, 11) is 0. The molecule has 0 spiro atoms. The van der Waals surface area contributed by atoms with Crippen molar-refractivity contribution in [1.29, 1.82) is 0 Å². The molecule has 0 unspecified atom stereocenters. The van der Waals surface area contributed by atoms with Crippen molar-refractivity contribution in [3.05, 3.63) is 63.0 Å². The summed E-state index contributed by atoms with van der Waals surface area (Å²) in [5.41, 5.74) is 1.28. The lowest BCUT2D eigenvalue weighted by Gasteiger charge is -2.11. The first kappa shape index (κ1) is 20.3. The lowest BCUT2D eigenvalue weighted by atomic mass is 10.1. The van der Waals surface area contributed by atoms with Crippen LogP contribution in [-0.4, -0.2) is 25.6 Å². The molecule has 1 aromatic heterocycles. The highest BCUT2D eigenvalue weighted by atomic mass is 35.5. The number of rotatable bonds is 6. The Balaban J connectivity index is 1.54. The highest BCUT2D eigenvalue weighted by Crippen LogP contribution is 2.33. The molecule has 30 heavy (non-hydrogen) atoms. The van der Waals surface area contributed by atoms with E-state index in [2.05, 4.69) is 0 Å². The van der Waals surface area contributed by atoms with Gasteiger partial charge in [-0.2, -0.15) is 0 Å². The molecule has 0 bridgehead atoms. The van der Waals surface area contributed by atoms with E-state index in [0.717, 1.165) is 30.2 Å². The van der Waals surface area contributed by atoms with Crippen LogP contribution in [-0.2, 0) is 6.42 Å². The zero-order valence-electron chi connectivity index (χ0n) is 16.5. The summed E-state index contributed by atoms with van der Waals surface area (Å²) in [4.78, 5) is 24.5. The zero-order valence-corrected chi connectivity index (χ0v) is 17.3. The number of ether oxygens (including phenoxy) is 3. The first-order valence-corrected chi connectivity index (χ1v) is 10.2. The molecule has 156 valence electrons. The van der Waals surface area contributed by atoms with Crippen molar-refractivity contribution < 1.29 is 23.4 Å². The Morgan fingerprint density at radius 3 is 2.70 bits per heavy atom. The first-order valence-electron chi connectivity index (χ1n) is 9.87. The number of carbonyl (C=O) groups is 1. The fraction of sp³-hybridized carbons (Fsp3) is 0.304. The summed E-state index contributed by atoms with van der Waals surface area (Å²) in [6.07, 6.45) is 2.41. The summed E-state index contributed by atoms with van der Waals surface area (Å²) >= 11 is 6.36. The predicted octanol–water partition coefficient (Wildman–Crippen LogP) is 4.82. The van der Waals surface area contributed by atoms with E-state index >= 15 is 0 Å². The van der Waals surface area contributed by atoms with Crippen LogP contribution in [0.2, 0.25) is 5.02 Å². The van der Waals surface area contributed by atoms with Gasteiger partial charge in [-0.3, -0.25) is 4.79 Å². The maximum atomic E-state index is 12.6. The Morgan fingerprint density at radius 2 is 1.90 bits per heavy atom. The number of hydrogen-bond donors (Lipinski definition) is 0. The summed E-state index contributed by atoms with van der Waals surface area (Å²) in [6.45, 7) is 2.94. The van der Waals surface area contributed by atoms with E-state index in [9.17, 15) is 9.59 Å². The van der Waals surface area contributed by atoms with E-state index in [1.807, 2.05) is 6.92 Å². The second kappa shape index (κ2) is 8.79. The largest absolute Gasteiger partial charge is 0.490 e. The van der Waals surface area contributed by atoms with Gasteiger partial charge in [0.2, 0.25) is 0 Å². The van der Waals surface area contributed by atoms with Crippen molar-refractivity contribution in [2.24, 2.45) is 0 Å². The third-order valence-electron chi connectivity index (χ3n) is 4.83. The van der Waals surface area contributed by atoms with E-state index < -0.39 is 5.63 Å². The van der Waals surface area contributed by atoms with Gasteiger partial charge in [-0.05, 0) is 36.2 Å². The highest BCUT2D eigenvalue weighted by molar-refractivity contribution is 6.32. The molecule has 1 aliphatic rings. The summed E-state index contributed by atoms with van der Waals surface area (Å²) in [6, 6.07) is 9.80. The molecule has 6 nitrogen and oxygen atoms in total. The van der Waals surface area contributed by atoms with E-state index in [4.69, 9.17) is 30.2 Å². The average molecular weight is 429 g/mol. The third kappa shape index (κ3) is 4.28.